The van der Waals surface area contributed by atoms with Gasteiger partial charge in [-0.3, -0.25) is 9.59 Å². The molecule has 3 unspecified atom stereocenters. The SMILES string of the molecule is CC1(C(=O)O)COCC1NC(=O)CC1CCCO1. The van der Waals surface area contributed by atoms with Crippen LogP contribution in [0.1, 0.15) is 26.2 Å². The Labute approximate surface area is 106 Å². The van der Waals surface area contributed by atoms with Crippen LogP contribution in [-0.4, -0.2) is 48.9 Å². The normalized spacial score (nSPS) is 35.6. The van der Waals surface area contributed by atoms with Crippen LogP contribution in [0.5, 0.6) is 0 Å². The fraction of sp³-hybridized carbons (Fsp3) is 0.833. The van der Waals surface area contributed by atoms with Gasteiger partial charge in [0.15, 0.2) is 0 Å². The molecule has 0 bridgehead atoms. The minimum atomic E-state index is -1.04. The van der Waals surface area contributed by atoms with Gasteiger partial charge in [0, 0.05) is 6.61 Å². The van der Waals surface area contributed by atoms with E-state index in [9.17, 15) is 14.7 Å². The summed E-state index contributed by atoms with van der Waals surface area (Å²) in [6.45, 7) is 2.68. The number of carboxylic acid groups (broad SMARTS) is 1. The molecule has 6 nitrogen and oxygen atoms in total. The highest BCUT2D eigenvalue weighted by Crippen LogP contribution is 2.29. The molecule has 2 fully saturated rings. The second-order valence-electron chi connectivity index (χ2n) is 5.20. The van der Waals surface area contributed by atoms with E-state index in [1.54, 1.807) is 6.92 Å². The molecule has 0 aliphatic carbocycles. The zero-order chi connectivity index (χ0) is 13.2. The Hall–Kier alpha value is -1.14. The second kappa shape index (κ2) is 5.24. The highest BCUT2D eigenvalue weighted by molar-refractivity contribution is 5.80. The highest BCUT2D eigenvalue weighted by atomic mass is 16.5. The Morgan fingerprint density at radius 1 is 1.50 bits per heavy atom. The van der Waals surface area contributed by atoms with E-state index in [4.69, 9.17) is 9.47 Å². The zero-order valence-electron chi connectivity index (χ0n) is 10.5. The smallest absolute Gasteiger partial charge is 0.313 e. The van der Waals surface area contributed by atoms with Crippen LogP contribution >= 0.6 is 0 Å². The molecule has 0 spiro atoms. The summed E-state index contributed by atoms with van der Waals surface area (Å²) in [6, 6.07) is -0.469. The number of nitrogens with one attached hydrogen (secondary N) is 1. The third kappa shape index (κ3) is 2.64. The van der Waals surface area contributed by atoms with Crippen LogP contribution in [0.4, 0.5) is 0 Å². The molecule has 0 saturated carbocycles. The van der Waals surface area contributed by atoms with Gasteiger partial charge >= 0.3 is 5.97 Å². The molecule has 2 heterocycles. The van der Waals surface area contributed by atoms with Crippen LogP contribution in [0.3, 0.4) is 0 Å². The number of amides is 1. The first-order chi connectivity index (χ1) is 8.52. The number of carbonyl (C=O) groups excluding carboxylic acids is 1. The Kier molecular flexibility index (Phi) is 3.87. The molecule has 1 amide bonds. The summed E-state index contributed by atoms with van der Waals surface area (Å²) in [7, 11) is 0. The minimum Gasteiger partial charge on any atom is -0.481 e. The van der Waals surface area contributed by atoms with Gasteiger partial charge in [-0.25, -0.2) is 0 Å². The summed E-state index contributed by atoms with van der Waals surface area (Å²) >= 11 is 0. The van der Waals surface area contributed by atoms with Gasteiger partial charge in [-0.1, -0.05) is 0 Å². The first-order valence-corrected chi connectivity index (χ1v) is 6.24. The molecular formula is C12H19NO5. The van der Waals surface area contributed by atoms with E-state index in [0.29, 0.717) is 13.0 Å². The lowest BCUT2D eigenvalue weighted by atomic mass is 9.85. The minimum absolute atomic E-state index is 0.0246. The van der Waals surface area contributed by atoms with Crippen molar-refractivity contribution in [1.29, 1.82) is 0 Å². The number of hydrogen-bond donors (Lipinski definition) is 2. The largest absolute Gasteiger partial charge is 0.481 e. The Morgan fingerprint density at radius 3 is 2.89 bits per heavy atom. The Morgan fingerprint density at radius 2 is 2.28 bits per heavy atom. The average Bonchev–Trinajstić information content (AvgIpc) is 2.90. The van der Waals surface area contributed by atoms with E-state index in [1.807, 2.05) is 0 Å². The standard InChI is InChI=1S/C12H19NO5/c1-12(11(15)16)7-17-6-9(12)13-10(14)5-8-3-2-4-18-8/h8-9H,2-7H2,1H3,(H,13,14)(H,15,16). The first-order valence-electron chi connectivity index (χ1n) is 6.24. The molecule has 2 aliphatic heterocycles. The van der Waals surface area contributed by atoms with Gasteiger partial charge in [0.25, 0.3) is 0 Å². The van der Waals surface area contributed by atoms with Crippen LogP contribution in [-0.2, 0) is 19.1 Å². The van der Waals surface area contributed by atoms with E-state index >= 15 is 0 Å². The van der Waals surface area contributed by atoms with Crippen molar-refractivity contribution in [1.82, 2.24) is 5.32 Å². The van der Waals surface area contributed by atoms with Gasteiger partial charge in [0.1, 0.15) is 5.41 Å². The van der Waals surface area contributed by atoms with E-state index in [-0.39, 0.29) is 25.2 Å². The quantitative estimate of drug-likeness (QED) is 0.749. The van der Waals surface area contributed by atoms with Gasteiger partial charge in [-0.2, -0.15) is 0 Å². The summed E-state index contributed by atoms with van der Waals surface area (Å²) in [6.07, 6.45) is 2.15. The molecule has 6 heteroatoms. The topological polar surface area (TPSA) is 84.9 Å². The lowest BCUT2D eigenvalue weighted by molar-refractivity contribution is -0.149. The molecule has 0 radical (unpaired) electrons. The van der Waals surface area contributed by atoms with Crippen LogP contribution in [0.15, 0.2) is 0 Å². The van der Waals surface area contributed by atoms with E-state index in [2.05, 4.69) is 5.32 Å². The monoisotopic (exact) mass is 257 g/mol. The van der Waals surface area contributed by atoms with Gasteiger partial charge < -0.3 is 19.9 Å². The Bertz CT molecular complexity index is 339. The van der Waals surface area contributed by atoms with E-state index in [0.717, 1.165) is 12.8 Å². The molecule has 2 aliphatic rings. The van der Waals surface area contributed by atoms with Crippen LogP contribution < -0.4 is 5.32 Å². The van der Waals surface area contributed by atoms with Crippen LogP contribution in [0.25, 0.3) is 0 Å². The van der Waals surface area contributed by atoms with Gasteiger partial charge in [-0.15, -0.1) is 0 Å². The zero-order valence-corrected chi connectivity index (χ0v) is 10.5. The molecule has 18 heavy (non-hydrogen) atoms. The molecule has 3 atom stereocenters. The third-order valence-corrected chi connectivity index (χ3v) is 3.72. The Balaban J connectivity index is 1.88. The van der Waals surface area contributed by atoms with Crippen molar-refractivity contribution < 1.29 is 24.2 Å². The molecule has 2 rings (SSSR count). The summed E-state index contributed by atoms with van der Waals surface area (Å²) in [5, 5.41) is 11.9. The summed E-state index contributed by atoms with van der Waals surface area (Å²) in [5.74, 6) is -1.10. The number of ether oxygens (including phenoxy) is 2. The van der Waals surface area contributed by atoms with Gasteiger partial charge in [0.2, 0.25) is 5.91 Å². The maximum atomic E-state index is 11.8. The van der Waals surface area contributed by atoms with Crippen molar-refractivity contribution in [3.63, 3.8) is 0 Å². The van der Waals surface area contributed by atoms with Gasteiger partial charge in [0.05, 0.1) is 31.8 Å². The molecule has 2 N–H and O–H groups in total. The van der Waals surface area contributed by atoms with Crippen molar-refractivity contribution in [2.24, 2.45) is 5.41 Å². The third-order valence-electron chi connectivity index (χ3n) is 3.72. The van der Waals surface area contributed by atoms with Crippen molar-refractivity contribution in [3.05, 3.63) is 0 Å². The van der Waals surface area contributed by atoms with E-state index < -0.39 is 17.4 Å². The predicted molar refractivity (Wildman–Crippen MR) is 62.1 cm³/mol. The number of carbonyl (C=O) groups is 2. The fourth-order valence-electron chi connectivity index (χ4n) is 2.35. The van der Waals surface area contributed by atoms with Crippen molar-refractivity contribution in [2.75, 3.05) is 19.8 Å². The van der Waals surface area contributed by atoms with Crippen molar-refractivity contribution >= 4 is 11.9 Å². The predicted octanol–water partition coefficient (Wildman–Crippen LogP) is 0.161. The maximum Gasteiger partial charge on any atom is 0.313 e. The lowest BCUT2D eigenvalue weighted by Crippen LogP contribution is -2.50. The molecule has 2 saturated heterocycles. The highest BCUT2D eigenvalue weighted by Gasteiger charge is 2.47. The number of rotatable bonds is 4. The number of hydrogen-bond acceptors (Lipinski definition) is 4. The average molecular weight is 257 g/mol. The first kappa shape index (κ1) is 13.3. The maximum absolute atomic E-state index is 11.8. The van der Waals surface area contributed by atoms with Crippen LogP contribution in [0.2, 0.25) is 0 Å². The van der Waals surface area contributed by atoms with E-state index in [1.165, 1.54) is 0 Å². The summed E-state index contributed by atoms with van der Waals surface area (Å²) in [4.78, 5) is 23.0. The summed E-state index contributed by atoms with van der Waals surface area (Å²) in [5.41, 5.74) is -1.04. The lowest BCUT2D eigenvalue weighted by Gasteiger charge is -2.25. The molecule has 102 valence electrons. The molecule has 0 aromatic rings. The molecule has 0 aromatic carbocycles. The van der Waals surface area contributed by atoms with Crippen LogP contribution in [0, 0.1) is 5.41 Å². The number of aliphatic carboxylic acids is 1. The van der Waals surface area contributed by atoms with Crippen molar-refractivity contribution in [3.8, 4) is 0 Å². The van der Waals surface area contributed by atoms with Crippen molar-refractivity contribution in [2.45, 2.75) is 38.3 Å². The molecule has 0 aromatic heterocycles. The van der Waals surface area contributed by atoms with Gasteiger partial charge in [-0.05, 0) is 19.8 Å². The fourth-order valence-corrected chi connectivity index (χ4v) is 2.35. The summed E-state index contributed by atoms with van der Waals surface area (Å²) < 4.78 is 10.6. The number of carboxylic acids is 1. The second-order valence-corrected chi connectivity index (χ2v) is 5.20. The molecular weight excluding hydrogens is 238 g/mol.